The van der Waals surface area contributed by atoms with E-state index in [-0.39, 0.29) is 0 Å². The second-order valence-electron chi connectivity index (χ2n) is 3.61. The number of hydrogen-bond donors (Lipinski definition) is 2. The molecule has 0 rings (SSSR count). The van der Waals surface area contributed by atoms with Gasteiger partial charge in [0.2, 0.25) is 0 Å². The van der Waals surface area contributed by atoms with Crippen molar-refractivity contribution in [3.05, 3.63) is 0 Å². The third-order valence-electron chi connectivity index (χ3n) is 1.17. The van der Waals surface area contributed by atoms with Crippen molar-refractivity contribution in [1.29, 1.82) is 0 Å². The Hall–Kier alpha value is -1.10. The molecule has 13 heavy (non-hydrogen) atoms. The molecule has 0 saturated heterocycles. The molecule has 0 amide bonds. The van der Waals surface area contributed by atoms with E-state index in [2.05, 4.69) is 0 Å². The number of hydrogen-bond acceptors (Lipinski definition) is 4. The van der Waals surface area contributed by atoms with Crippen molar-refractivity contribution >= 4 is 11.9 Å². The second kappa shape index (κ2) is 4.23. The van der Waals surface area contributed by atoms with Gasteiger partial charge < -0.3 is 14.9 Å². The van der Waals surface area contributed by atoms with E-state index in [1.807, 2.05) is 0 Å². The molecule has 0 fully saturated rings. The highest BCUT2D eigenvalue weighted by molar-refractivity contribution is 5.94. The van der Waals surface area contributed by atoms with Gasteiger partial charge in [-0.25, -0.2) is 0 Å². The second-order valence-corrected chi connectivity index (χ2v) is 3.61. The minimum absolute atomic E-state index is 0.736. The molecule has 2 N–H and O–H groups in total. The molecule has 1 atom stereocenters. The normalized spacial score (nSPS) is 13.5. The van der Waals surface area contributed by atoms with Gasteiger partial charge in [0.15, 0.2) is 5.92 Å². The molecule has 5 nitrogen and oxygen atoms in total. The number of aliphatic hydroxyl groups is 1. The first-order valence-corrected chi connectivity index (χ1v) is 3.84. The number of esters is 1. The fourth-order valence-electron chi connectivity index (χ4n) is 0.626. The molecule has 0 heterocycles. The molecule has 76 valence electrons. The molecule has 0 aromatic carbocycles. The van der Waals surface area contributed by atoms with Crippen molar-refractivity contribution in [3.8, 4) is 0 Å². The molecule has 1 unspecified atom stereocenters. The Morgan fingerprint density at radius 2 is 1.85 bits per heavy atom. The average molecular weight is 190 g/mol. The number of carboxylic acids is 1. The van der Waals surface area contributed by atoms with Gasteiger partial charge in [0, 0.05) is 0 Å². The summed E-state index contributed by atoms with van der Waals surface area (Å²) in [6, 6.07) is 0. The SMILES string of the molecule is CC(C)(C)OC(=O)C(CO)C(=O)O. The van der Waals surface area contributed by atoms with Crippen LogP contribution in [0.2, 0.25) is 0 Å². The number of ether oxygens (including phenoxy) is 1. The Balaban J connectivity index is 4.32. The van der Waals surface area contributed by atoms with Crippen LogP contribution in [-0.4, -0.2) is 34.4 Å². The van der Waals surface area contributed by atoms with E-state index in [4.69, 9.17) is 14.9 Å². The molecule has 0 aliphatic rings. The standard InChI is InChI=1S/C8H14O5/c1-8(2,3)13-7(12)5(4-9)6(10)11/h5,9H,4H2,1-3H3,(H,10,11). The first kappa shape index (κ1) is 11.9. The maximum absolute atomic E-state index is 11.1. The first-order valence-electron chi connectivity index (χ1n) is 3.84. The number of carbonyl (C=O) groups excluding carboxylic acids is 1. The van der Waals surface area contributed by atoms with E-state index in [0.717, 1.165) is 0 Å². The number of rotatable bonds is 3. The zero-order valence-corrected chi connectivity index (χ0v) is 7.90. The van der Waals surface area contributed by atoms with Crippen LogP contribution >= 0.6 is 0 Å². The van der Waals surface area contributed by atoms with E-state index in [0.29, 0.717) is 0 Å². The fourth-order valence-corrected chi connectivity index (χ4v) is 0.626. The third kappa shape index (κ3) is 4.47. The van der Waals surface area contributed by atoms with Gasteiger partial charge in [-0.05, 0) is 20.8 Å². The van der Waals surface area contributed by atoms with Crippen molar-refractivity contribution in [2.75, 3.05) is 6.61 Å². The monoisotopic (exact) mass is 190 g/mol. The van der Waals surface area contributed by atoms with E-state index < -0.39 is 30.1 Å². The van der Waals surface area contributed by atoms with Gasteiger partial charge in [0.05, 0.1) is 6.61 Å². The molecule has 0 aliphatic heterocycles. The smallest absolute Gasteiger partial charge is 0.323 e. The largest absolute Gasteiger partial charge is 0.481 e. The molecule has 5 heteroatoms. The van der Waals surface area contributed by atoms with Crippen molar-refractivity contribution in [2.45, 2.75) is 26.4 Å². The van der Waals surface area contributed by atoms with Crippen LogP contribution in [0.1, 0.15) is 20.8 Å². The van der Waals surface area contributed by atoms with E-state index >= 15 is 0 Å². The van der Waals surface area contributed by atoms with Crippen molar-refractivity contribution < 1.29 is 24.5 Å². The Morgan fingerprint density at radius 1 is 1.38 bits per heavy atom. The predicted molar refractivity (Wildman–Crippen MR) is 44.1 cm³/mol. The Morgan fingerprint density at radius 3 is 2.08 bits per heavy atom. The molecular weight excluding hydrogens is 176 g/mol. The molecule has 0 saturated carbocycles. The Bertz CT molecular complexity index is 203. The highest BCUT2D eigenvalue weighted by Gasteiger charge is 2.30. The van der Waals surface area contributed by atoms with Gasteiger partial charge in [-0.15, -0.1) is 0 Å². The third-order valence-corrected chi connectivity index (χ3v) is 1.17. The van der Waals surface area contributed by atoms with Gasteiger partial charge in [0.1, 0.15) is 5.60 Å². The van der Waals surface area contributed by atoms with Crippen LogP contribution in [0.4, 0.5) is 0 Å². The molecule has 0 aromatic rings. The van der Waals surface area contributed by atoms with Crippen LogP contribution in [-0.2, 0) is 14.3 Å². The summed E-state index contributed by atoms with van der Waals surface area (Å²) in [6.45, 7) is 4.13. The minimum atomic E-state index is -1.49. The van der Waals surface area contributed by atoms with Crippen LogP contribution in [0.5, 0.6) is 0 Å². The fraction of sp³-hybridized carbons (Fsp3) is 0.750. The highest BCUT2D eigenvalue weighted by Crippen LogP contribution is 2.11. The summed E-state index contributed by atoms with van der Waals surface area (Å²) in [6.07, 6.45) is 0. The number of carboxylic acid groups (broad SMARTS) is 1. The summed E-state index contributed by atoms with van der Waals surface area (Å²) >= 11 is 0. The predicted octanol–water partition coefficient (Wildman–Crippen LogP) is 0.0212. The van der Waals surface area contributed by atoms with Crippen molar-refractivity contribution in [3.63, 3.8) is 0 Å². The Labute approximate surface area is 76.3 Å². The molecule has 0 radical (unpaired) electrons. The van der Waals surface area contributed by atoms with Gasteiger partial charge in [-0.3, -0.25) is 9.59 Å². The lowest BCUT2D eigenvalue weighted by Crippen LogP contribution is -2.34. The van der Waals surface area contributed by atoms with Crippen LogP contribution in [0.3, 0.4) is 0 Å². The quantitative estimate of drug-likeness (QED) is 0.484. The van der Waals surface area contributed by atoms with Crippen molar-refractivity contribution in [1.82, 2.24) is 0 Å². The van der Waals surface area contributed by atoms with Crippen LogP contribution in [0, 0.1) is 5.92 Å². The molecule has 0 bridgehead atoms. The highest BCUT2D eigenvalue weighted by atomic mass is 16.6. The van der Waals surface area contributed by atoms with Crippen molar-refractivity contribution in [2.24, 2.45) is 5.92 Å². The maximum atomic E-state index is 11.1. The van der Waals surface area contributed by atoms with E-state index in [9.17, 15) is 9.59 Å². The zero-order chi connectivity index (χ0) is 10.6. The summed E-state index contributed by atoms with van der Waals surface area (Å²) in [5, 5.41) is 17.1. The minimum Gasteiger partial charge on any atom is -0.481 e. The topological polar surface area (TPSA) is 83.8 Å². The Kier molecular flexibility index (Phi) is 3.87. The molecular formula is C8H14O5. The average Bonchev–Trinajstić information content (AvgIpc) is 1.82. The lowest BCUT2D eigenvalue weighted by Gasteiger charge is -2.21. The van der Waals surface area contributed by atoms with Gasteiger partial charge in [-0.2, -0.15) is 0 Å². The van der Waals surface area contributed by atoms with Crippen LogP contribution in [0.25, 0.3) is 0 Å². The number of carbonyl (C=O) groups is 2. The number of aliphatic hydroxyl groups excluding tert-OH is 1. The van der Waals surface area contributed by atoms with Gasteiger partial charge in [-0.1, -0.05) is 0 Å². The first-order chi connectivity index (χ1) is 5.78. The molecule has 0 aromatic heterocycles. The number of aliphatic carboxylic acids is 1. The lowest BCUT2D eigenvalue weighted by atomic mass is 10.1. The summed E-state index contributed by atoms with van der Waals surface area (Å²) < 4.78 is 4.77. The van der Waals surface area contributed by atoms with E-state index in [1.165, 1.54) is 0 Å². The molecule has 0 aliphatic carbocycles. The maximum Gasteiger partial charge on any atom is 0.323 e. The van der Waals surface area contributed by atoms with Crippen LogP contribution < -0.4 is 0 Å². The molecule has 0 spiro atoms. The summed E-state index contributed by atoms with van der Waals surface area (Å²) in [5.41, 5.74) is -0.736. The van der Waals surface area contributed by atoms with Crippen LogP contribution in [0.15, 0.2) is 0 Å². The van der Waals surface area contributed by atoms with Gasteiger partial charge in [0.25, 0.3) is 0 Å². The van der Waals surface area contributed by atoms with E-state index in [1.54, 1.807) is 20.8 Å². The summed E-state index contributed by atoms with van der Waals surface area (Å²) in [4.78, 5) is 21.5. The zero-order valence-electron chi connectivity index (χ0n) is 7.90. The lowest BCUT2D eigenvalue weighted by molar-refractivity contribution is -0.168. The van der Waals surface area contributed by atoms with Gasteiger partial charge >= 0.3 is 11.9 Å². The summed E-state index contributed by atoms with van der Waals surface area (Å²) in [7, 11) is 0. The summed E-state index contributed by atoms with van der Waals surface area (Å²) in [5.74, 6) is -3.78.